The van der Waals surface area contributed by atoms with Crippen LogP contribution in [0.5, 0.6) is 0 Å². The Kier molecular flexibility index (Phi) is 7.05. The van der Waals surface area contributed by atoms with Gasteiger partial charge in [-0.15, -0.1) is 10.2 Å². The second-order valence-electron chi connectivity index (χ2n) is 6.61. The van der Waals surface area contributed by atoms with Crippen molar-refractivity contribution in [3.05, 3.63) is 51.8 Å². The molecule has 0 spiro atoms. The normalized spacial score (nSPS) is 19.3. The second kappa shape index (κ2) is 9.52. The van der Waals surface area contributed by atoms with Crippen molar-refractivity contribution in [2.24, 2.45) is 10.9 Å². The molecule has 2 atom stereocenters. The summed E-state index contributed by atoms with van der Waals surface area (Å²) < 4.78 is 16.0. The van der Waals surface area contributed by atoms with Crippen molar-refractivity contribution in [2.75, 3.05) is 20.3 Å². The number of aromatic nitrogens is 2. The van der Waals surface area contributed by atoms with Crippen molar-refractivity contribution in [2.45, 2.75) is 26.2 Å². The molecule has 0 aliphatic carbocycles. The summed E-state index contributed by atoms with van der Waals surface area (Å²) in [5, 5.41) is 8.55. The highest BCUT2D eigenvalue weighted by molar-refractivity contribution is 6.42. The van der Waals surface area contributed by atoms with E-state index in [0.29, 0.717) is 45.6 Å². The number of ether oxygens (including phenoxy) is 2. The smallest absolute Gasteiger partial charge is 0.315 e. The summed E-state index contributed by atoms with van der Waals surface area (Å²) in [6.07, 6.45) is 1.83. The number of halogens is 2. The van der Waals surface area contributed by atoms with Crippen LogP contribution in [0, 0.1) is 5.92 Å². The second-order valence-corrected chi connectivity index (χ2v) is 7.39. The van der Waals surface area contributed by atoms with Crippen LogP contribution in [-0.4, -0.2) is 42.2 Å². The van der Waals surface area contributed by atoms with Gasteiger partial charge in [-0.3, -0.25) is 9.79 Å². The lowest BCUT2D eigenvalue weighted by Crippen LogP contribution is -2.34. The highest BCUT2D eigenvalue weighted by Crippen LogP contribution is 2.47. The fourth-order valence-electron chi connectivity index (χ4n) is 3.47. The van der Waals surface area contributed by atoms with Gasteiger partial charge in [0.2, 0.25) is 12.3 Å². The minimum Gasteiger partial charge on any atom is -0.465 e. The zero-order valence-electron chi connectivity index (χ0n) is 16.3. The van der Waals surface area contributed by atoms with Crippen molar-refractivity contribution >= 4 is 40.5 Å². The molecule has 29 heavy (non-hydrogen) atoms. The number of benzene rings is 1. The molecular weight excluding hydrogens is 417 g/mol. The first-order valence-corrected chi connectivity index (χ1v) is 9.83. The molecule has 1 aromatic heterocycles. The average molecular weight is 438 g/mol. The summed E-state index contributed by atoms with van der Waals surface area (Å²) in [5.41, 5.74) is 2.57. The number of hydrogen-bond acceptors (Lipinski definition) is 7. The molecule has 0 fully saturated rings. The van der Waals surface area contributed by atoms with Gasteiger partial charge in [0.1, 0.15) is 5.92 Å². The lowest BCUT2D eigenvalue weighted by molar-refractivity contribution is -0.146. The molecular formula is C20H21Cl2N3O4. The van der Waals surface area contributed by atoms with Crippen LogP contribution in [0.25, 0.3) is 5.57 Å². The number of aliphatic imine (C=N–C) groups is 1. The summed E-state index contributed by atoms with van der Waals surface area (Å²) in [7, 11) is 1.60. The van der Waals surface area contributed by atoms with Gasteiger partial charge in [0.05, 0.1) is 16.7 Å². The van der Waals surface area contributed by atoms with Crippen LogP contribution < -0.4 is 0 Å². The third-order valence-corrected chi connectivity index (χ3v) is 5.56. The summed E-state index contributed by atoms with van der Waals surface area (Å²) >= 11 is 12.8. The molecule has 1 aromatic carbocycles. The molecule has 154 valence electrons. The molecule has 0 amide bonds. The van der Waals surface area contributed by atoms with Crippen molar-refractivity contribution in [1.82, 2.24) is 10.2 Å². The molecule has 0 saturated heterocycles. The van der Waals surface area contributed by atoms with Gasteiger partial charge in [0.15, 0.2) is 0 Å². The first-order chi connectivity index (χ1) is 14.0. The lowest BCUT2D eigenvalue weighted by atomic mass is 9.75. The number of carbonyl (C=O) groups excluding carboxylic acids is 1. The molecule has 0 saturated carbocycles. The van der Waals surface area contributed by atoms with E-state index in [1.807, 2.05) is 13.0 Å². The summed E-state index contributed by atoms with van der Waals surface area (Å²) in [6, 6.07) is 5.30. The van der Waals surface area contributed by atoms with E-state index >= 15 is 0 Å². The van der Waals surface area contributed by atoms with Crippen LogP contribution in [0.3, 0.4) is 0 Å². The van der Waals surface area contributed by atoms with E-state index in [9.17, 15) is 4.79 Å². The highest BCUT2D eigenvalue weighted by atomic mass is 35.5. The monoisotopic (exact) mass is 437 g/mol. The van der Waals surface area contributed by atoms with Gasteiger partial charge in [-0.05, 0) is 25.5 Å². The lowest BCUT2D eigenvalue weighted by Gasteiger charge is -2.31. The van der Waals surface area contributed by atoms with Gasteiger partial charge in [-0.1, -0.05) is 35.3 Å². The van der Waals surface area contributed by atoms with Gasteiger partial charge >= 0.3 is 5.97 Å². The quantitative estimate of drug-likeness (QED) is 0.465. The van der Waals surface area contributed by atoms with Crippen molar-refractivity contribution in [3.63, 3.8) is 0 Å². The maximum Gasteiger partial charge on any atom is 0.315 e. The van der Waals surface area contributed by atoms with Crippen LogP contribution in [0.15, 0.2) is 39.7 Å². The van der Waals surface area contributed by atoms with Gasteiger partial charge in [0.25, 0.3) is 0 Å². The number of nitrogens with zero attached hydrogens (tertiary/aromatic N) is 3. The SMILES string of the molecule is COCCCOC(=O)C1C(C)=NC(C)=C(c2nnco2)C1c1cccc(Cl)c1Cl. The molecule has 3 rings (SSSR count). The van der Waals surface area contributed by atoms with E-state index in [0.717, 1.165) is 0 Å². The van der Waals surface area contributed by atoms with Gasteiger partial charge in [-0.25, -0.2) is 0 Å². The first-order valence-electron chi connectivity index (χ1n) is 9.07. The molecule has 2 heterocycles. The molecule has 1 aliphatic heterocycles. The zero-order valence-corrected chi connectivity index (χ0v) is 17.8. The maximum absolute atomic E-state index is 13.1. The Bertz CT molecular complexity index is 941. The maximum atomic E-state index is 13.1. The largest absolute Gasteiger partial charge is 0.465 e. The van der Waals surface area contributed by atoms with E-state index in [2.05, 4.69) is 15.2 Å². The third-order valence-electron chi connectivity index (χ3n) is 4.73. The van der Waals surface area contributed by atoms with E-state index in [1.54, 1.807) is 26.2 Å². The number of hydrogen-bond donors (Lipinski definition) is 0. The number of rotatable bonds is 7. The summed E-state index contributed by atoms with van der Waals surface area (Å²) in [5.74, 6) is -1.38. The van der Waals surface area contributed by atoms with Crippen LogP contribution in [0.1, 0.15) is 37.6 Å². The first kappa shape index (κ1) is 21.5. The average Bonchev–Trinajstić information content (AvgIpc) is 3.21. The van der Waals surface area contributed by atoms with Crippen LogP contribution in [0.4, 0.5) is 0 Å². The number of esters is 1. The Hall–Kier alpha value is -2.22. The van der Waals surface area contributed by atoms with Gasteiger partial charge in [0, 0.05) is 43.0 Å². The summed E-state index contributed by atoms with van der Waals surface area (Å²) in [6.45, 7) is 4.36. The predicted octanol–water partition coefficient (Wildman–Crippen LogP) is 4.56. The molecule has 0 bridgehead atoms. The van der Waals surface area contributed by atoms with Crippen LogP contribution in [-0.2, 0) is 14.3 Å². The van der Waals surface area contributed by atoms with E-state index in [-0.39, 0.29) is 12.5 Å². The fourth-order valence-corrected chi connectivity index (χ4v) is 3.90. The Balaban J connectivity index is 2.07. The number of allylic oxidation sites excluding steroid dienone is 2. The van der Waals surface area contributed by atoms with E-state index in [1.165, 1.54) is 6.39 Å². The molecule has 7 nitrogen and oxygen atoms in total. The fraction of sp³-hybridized carbons (Fsp3) is 0.400. The number of methoxy groups -OCH3 is 1. The third kappa shape index (κ3) is 4.52. The van der Waals surface area contributed by atoms with Crippen molar-refractivity contribution in [1.29, 1.82) is 0 Å². The number of carbonyl (C=O) groups is 1. The Morgan fingerprint density at radius 3 is 2.72 bits per heavy atom. The van der Waals surface area contributed by atoms with Crippen molar-refractivity contribution < 1.29 is 18.7 Å². The summed E-state index contributed by atoms with van der Waals surface area (Å²) in [4.78, 5) is 17.6. The molecule has 9 heteroatoms. The van der Waals surface area contributed by atoms with Crippen LogP contribution in [0.2, 0.25) is 10.0 Å². The molecule has 2 unspecified atom stereocenters. The molecule has 1 aliphatic rings. The Morgan fingerprint density at radius 2 is 2.03 bits per heavy atom. The van der Waals surface area contributed by atoms with Crippen LogP contribution >= 0.6 is 23.2 Å². The van der Waals surface area contributed by atoms with E-state index < -0.39 is 17.8 Å². The molecule has 0 N–H and O–H groups in total. The highest BCUT2D eigenvalue weighted by Gasteiger charge is 2.42. The standard InChI is InChI=1S/C20H21Cl2N3O4/c1-11-15(19-25-23-10-29-19)17(13-6-4-7-14(21)18(13)22)16(12(2)24-11)20(26)28-9-5-8-27-3/h4,6-7,10,16-17H,5,8-9H2,1-3H3. The Labute approximate surface area is 178 Å². The zero-order chi connectivity index (χ0) is 21.0. The molecule has 2 aromatic rings. The minimum atomic E-state index is -0.709. The van der Waals surface area contributed by atoms with Gasteiger partial charge < -0.3 is 13.9 Å². The predicted molar refractivity (Wildman–Crippen MR) is 110 cm³/mol. The minimum absolute atomic E-state index is 0.241. The molecule has 0 radical (unpaired) electrons. The topological polar surface area (TPSA) is 86.8 Å². The van der Waals surface area contributed by atoms with Gasteiger partial charge in [-0.2, -0.15) is 0 Å². The van der Waals surface area contributed by atoms with E-state index in [4.69, 9.17) is 37.1 Å². The Morgan fingerprint density at radius 1 is 1.24 bits per heavy atom. The van der Waals surface area contributed by atoms with Crippen molar-refractivity contribution in [3.8, 4) is 0 Å².